The summed E-state index contributed by atoms with van der Waals surface area (Å²) >= 11 is 0. The normalized spacial score (nSPS) is 12.0. The van der Waals surface area contributed by atoms with E-state index in [2.05, 4.69) is 15.3 Å². The lowest BCUT2D eigenvalue weighted by molar-refractivity contribution is 0.0941. The van der Waals surface area contributed by atoms with Crippen molar-refractivity contribution in [2.24, 2.45) is 5.92 Å². The molecule has 5 nitrogen and oxygen atoms in total. The first-order chi connectivity index (χ1) is 10.1. The monoisotopic (exact) mass is 285 g/mol. The number of nitrogens with zero attached hydrogens (tertiary/aromatic N) is 2. The molecule has 0 bridgehead atoms. The highest BCUT2D eigenvalue weighted by Gasteiger charge is 2.13. The molecule has 2 N–H and O–H groups in total. The Labute approximate surface area is 124 Å². The van der Waals surface area contributed by atoms with Crippen LogP contribution in [0.15, 0.2) is 36.5 Å². The van der Waals surface area contributed by atoms with Gasteiger partial charge in [-0.15, -0.1) is 0 Å². The third-order valence-electron chi connectivity index (χ3n) is 3.18. The van der Waals surface area contributed by atoms with Crippen molar-refractivity contribution in [2.45, 2.75) is 13.8 Å². The molecule has 1 unspecified atom stereocenters. The molecule has 0 spiro atoms. The second kappa shape index (κ2) is 6.95. The number of amides is 1. The number of aromatic nitrogens is 2. The molecule has 1 aromatic carbocycles. The zero-order chi connectivity index (χ0) is 15.2. The predicted octanol–water partition coefficient (Wildman–Crippen LogP) is 1.81. The third-order valence-corrected chi connectivity index (χ3v) is 3.18. The van der Waals surface area contributed by atoms with Crippen molar-refractivity contribution in [3.8, 4) is 11.4 Å². The Balaban J connectivity index is 2.14. The highest BCUT2D eigenvalue weighted by atomic mass is 16.3. The smallest absolute Gasteiger partial charge is 0.254 e. The Morgan fingerprint density at radius 3 is 2.67 bits per heavy atom. The van der Waals surface area contributed by atoms with Crippen molar-refractivity contribution in [2.75, 3.05) is 13.2 Å². The summed E-state index contributed by atoms with van der Waals surface area (Å²) in [4.78, 5) is 20.7. The van der Waals surface area contributed by atoms with Crippen LogP contribution in [0.2, 0.25) is 0 Å². The Morgan fingerprint density at radius 1 is 1.33 bits per heavy atom. The van der Waals surface area contributed by atoms with Crippen LogP contribution in [-0.2, 0) is 0 Å². The zero-order valence-electron chi connectivity index (χ0n) is 12.2. The summed E-state index contributed by atoms with van der Waals surface area (Å²) in [6, 6.07) is 9.63. The largest absolute Gasteiger partial charge is 0.396 e. The molecule has 0 saturated carbocycles. The van der Waals surface area contributed by atoms with Gasteiger partial charge in [-0.05, 0) is 12.8 Å². The lowest BCUT2D eigenvalue weighted by atomic mass is 10.1. The standard InChI is InChI=1S/C16H19N3O2/c1-11(10-20)8-18-16(21)14-9-17-15(19-12(14)2)13-6-4-3-5-7-13/h3-7,9,11,20H,8,10H2,1-2H3,(H,18,21). The Hall–Kier alpha value is -2.27. The molecule has 0 saturated heterocycles. The van der Waals surface area contributed by atoms with Gasteiger partial charge in [0, 0.05) is 24.9 Å². The van der Waals surface area contributed by atoms with Crippen LogP contribution in [0.3, 0.4) is 0 Å². The average molecular weight is 285 g/mol. The quantitative estimate of drug-likeness (QED) is 0.878. The van der Waals surface area contributed by atoms with Crippen LogP contribution in [0.4, 0.5) is 0 Å². The summed E-state index contributed by atoms with van der Waals surface area (Å²) < 4.78 is 0. The molecule has 1 atom stereocenters. The van der Waals surface area contributed by atoms with Gasteiger partial charge in [-0.3, -0.25) is 4.79 Å². The zero-order valence-corrected chi connectivity index (χ0v) is 12.2. The van der Waals surface area contributed by atoms with Crippen molar-refractivity contribution < 1.29 is 9.90 Å². The van der Waals surface area contributed by atoms with Gasteiger partial charge in [0.2, 0.25) is 0 Å². The number of carbonyl (C=O) groups excluding carboxylic acids is 1. The summed E-state index contributed by atoms with van der Waals surface area (Å²) in [5, 5.41) is 11.7. The minimum atomic E-state index is -0.215. The number of aliphatic hydroxyl groups is 1. The molecule has 1 amide bonds. The number of benzene rings is 1. The van der Waals surface area contributed by atoms with Crippen molar-refractivity contribution >= 4 is 5.91 Å². The molecular formula is C16H19N3O2. The van der Waals surface area contributed by atoms with Crippen molar-refractivity contribution in [1.29, 1.82) is 0 Å². The van der Waals surface area contributed by atoms with Crippen LogP contribution in [0.1, 0.15) is 23.0 Å². The van der Waals surface area contributed by atoms with Gasteiger partial charge >= 0.3 is 0 Å². The van der Waals surface area contributed by atoms with Gasteiger partial charge in [0.25, 0.3) is 5.91 Å². The fourth-order valence-electron chi connectivity index (χ4n) is 1.84. The summed E-state index contributed by atoms with van der Waals surface area (Å²) in [5.41, 5.74) is 2.01. The number of rotatable bonds is 5. The van der Waals surface area contributed by atoms with Gasteiger partial charge in [-0.25, -0.2) is 9.97 Å². The molecule has 1 aromatic heterocycles. The first kappa shape index (κ1) is 15.1. The fourth-order valence-corrected chi connectivity index (χ4v) is 1.84. The summed E-state index contributed by atoms with van der Waals surface area (Å²) in [7, 11) is 0. The Morgan fingerprint density at radius 2 is 2.05 bits per heavy atom. The third kappa shape index (κ3) is 3.86. The number of aliphatic hydroxyl groups excluding tert-OH is 1. The van der Waals surface area contributed by atoms with E-state index >= 15 is 0 Å². The van der Waals surface area contributed by atoms with E-state index < -0.39 is 0 Å². The summed E-state index contributed by atoms with van der Waals surface area (Å²) in [6.45, 7) is 4.12. The van der Waals surface area contributed by atoms with Crippen molar-refractivity contribution in [1.82, 2.24) is 15.3 Å². The van der Waals surface area contributed by atoms with Gasteiger partial charge in [0.1, 0.15) is 0 Å². The minimum Gasteiger partial charge on any atom is -0.396 e. The van der Waals surface area contributed by atoms with Crippen LogP contribution in [0.5, 0.6) is 0 Å². The predicted molar refractivity (Wildman–Crippen MR) is 80.8 cm³/mol. The molecule has 5 heteroatoms. The number of aryl methyl sites for hydroxylation is 1. The van der Waals surface area contributed by atoms with Gasteiger partial charge in [0.05, 0.1) is 11.3 Å². The molecule has 0 aliphatic heterocycles. The molecule has 2 aromatic rings. The van der Waals surface area contributed by atoms with E-state index in [9.17, 15) is 4.79 Å². The van der Waals surface area contributed by atoms with E-state index in [0.717, 1.165) is 5.56 Å². The molecule has 2 rings (SSSR count). The lowest BCUT2D eigenvalue weighted by Crippen LogP contribution is -2.30. The van der Waals surface area contributed by atoms with Gasteiger partial charge in [0.15, 0.2) is 5.82 Å². The highest BCUT2D eigenvalue weighted by molar-refractivity contribution is 5.95. The van der Waals surface area contributed by atoms with Crippen molar-refractivity contribution in [3.05, 3.63) is 47.8 Å². The maximum Gasteiger partial charge on any atom is 0.254 e. The fraction of sp³-hybridized carbons (Fsp3) is 0.312. The maximum absolute atomic E-state index is 12.1. The van der Waals surface area contributed by atoms with Gasteiger partial charge in [-0.2, -0.15) is 0 Å². The van der Waals surface area contributed by atoms with E-state index in [1.54, 1.807) is 13.1 Å². The lowest BCUT2D eigenvalue weighted by Gasteiger charge is -2.11. The van der Waals surface area contributed by atoms with E-state index in [4.69, 9.17) is 5.11 Å². The molecular weight excluding hydrogens is 266 g/mol. The maximum atomic E-state index is 12.1. The van der Waals surface area contributed by atoms with E-state index in [0.29, 0.717) is 23.6 Å². The van der Waals surface area contributed by atoms with E-state index in [1.807, 2.05) is 37.3 Å². The summed E-state index contributed by atoms with van der Waals surface area (Å²) in [6.07, 6.45) is 1.55. The van der Waals surface area contributed by atoms with Crippen LogP contribution in [0.25, 0.3) is 11.4 Å². The minimum absolute atomic E-state index is 0.0266. The first-order valence-electron chi connectivity index (χ1n) is 6.90. The highest BCUT2D eigenvalue weighted by Crippen LogP contribution is 2.15. The topological polar surface area (TPSA) is 75.1 Å². The second-order valence-electron chi connectivity index (χ2n) is 5.06. The van der Waals surface area contributed by atoms with E-state index in [1.165, 1.54) is 0 Å². The van der Waals surface area contributed by atoms with Crippen LogP contribution < -0.4 is 5.32 Å². The Kier molecular flexibility index (Phi) is 5.00. The number of carbonyl (C=O) groups is 1. The van der Waals surface area contributed by atoms with Crippen molar-refractivity contribution in [3.63, 3.8) is 0 Å². The number of hydrogen-bond donors (Lipinski definition) is 2. The molecule has 0 fully saturated rings. The average Bonchev–Trinajstić information content (AvgIpc) is 2.53. The Bertz CT molecular complexity index is 614. The van der Waals surface area contributed by atoms with Gasteiger partial charge in [-0.1, -0.05) is 37.3 Å². The summed E-state index contributed by atoms with van der Waals surface area (Å²) in [5.74, 6) is 0.416. The van der Waals surface area contributed by atoms with Crippen LogP contribution in [0, 0.1) is 12.8 Å². The van der Waals surface area contributed by atoms with Crippen LogP contribution >= 0.6 is 0 Å². The molecule has 0 aliphatic carbocycles. The molecule has 21 heavy (non-hydrogen) atoms. The first-order valence-corrected chi connectivity index (χ1v) is 6.90. The number of hydrogen-bond acceptors (Lipinski definition) is 4. The van der Waals surface area contributed by atoms with Gasteiger partial charge < -0.3 is 10.4 Å². The van der Waals surface area contributed by atoms with E-state index in [-0.39, 0.29) is 18.4 Å². The number of nitrogens with one attached hydrogen (secondary N) is 1. The molecule has 1 heterocycles. The molecule has 0 radical (unpaired) electrons. The van der Waals surface area contributed by atoms with Crippen LogP contribution in [-0.4, -0.2) is 34.1 Å². The second-order valence-corrected chi connectivity index (χ2v) is 5.06. The SMILES string of the molecule is Cc1nc(-c2ccccc2)ncc1C(=O)NCC(C)CO. The molecule has 0 aliphatic rings. The molecule has 110 valence electrons.